The first-order valence-corrected chi connectivity index (χ1v) is 7.96. The Morgan fingerprint density at radius 2 is 2.05 bits per heavy atom. The van der Waals surface area contributed by atoms with Gasteiger partial charge in [0.05, 0.1) is 11.7 Å². The van der Waals surface area contributed by atoms with Gasteiger partial charge in [0.1, 0.15) is 11.5 Å². The Bertz CT molecular complexity index is 646. The van der Waals surface area contributed by atoms with E-state index in [1.54, 1.807) is 0 Å². The van der Waals surface area contributed by atoms with Gasteiger partial charge in [0, 0.05) is 0 Å². The minimum Gasteiger partial charge on any atom is -0.488 e. The Morgan fingerprint density at radius 1 is 1.38 bits per heavy atom. The van der Waals surface area contributed by atoms with E-state index in [0.717, 1.165) is 25.0 Å². The van der Waals surface area contributed by atoms with Crippen LogP contribution in [0.25, 0.3) is 0 Å². The summed E-state index contributed by atoms with van der Waals surface area (Å²) in [4.78, 5) is -0.898. The highest BCUT2D eigenvalue weighted by molar-refractivity contribution is 7.89. The summed E-state index contributed by atoms with van der Waals surface area (Å²) in [6.07, 6.45) is 1.40. The van der Waals surface area contributed by atoms with Crippen LogP contribution >= 0.6 is 0 Å². The SMILES string of the molecule is CC1(C)CCC(COc2ccc(S(N)(=O)=O)c(F)c2F)O1. The van der Waals surface area contributed by atoms with Gasteiger partial charge < -0.3 is 9.47 Å². The fraction of sp³-hybridized carbons (Fsp3) is 0.538. The number of ether oxygens (including phenoxy) is 2. The molecule has 1 atom stereocenters. The lowest BCUT2D eigenvalue weighted by Gasteiger charge is -2.19. The molecule has 1 fully saturated rings. The van der Waals surface area contributed by atoms with Crippen LogP contribution in [-0.2, 0) is 14.8 Å². The molecule has 1 heterocycles. The van der Waals surface area contributed by atoms with Gasteiger partial charge in [0.2, 0.25) is 15.8 Å². The Hall–Kier alpha value is -1.25. The van der Waals surface area contributed by atoms with Crippen LogP contribution in [0.5, 0.6) is 5.75 Å². The molecule has 8 heteroatoms. The normalized spacial score (nSPS) is 21.5. The predicted octanol–water partition coefficient (Wildman–Crippen LogP) is 1.95. The molecule has 1 aromatic rings. The van der Waals surface area contributed by atoms with Crippen LogP contribution in [-0.4, -0.2) is 26.7 Å². The molecule has 1 aromatic carbocycles. The van der Waals surface area contributed by atoms with Crippen LogP contribution in [0.15, 0.2) is 17.0 Å². The van der Waals surface area contributed by atoms with Gasteiger partial charge in [0.25, 0.3) is 0 Å². The van der Waals surface area contributed by atoms with E-state index in [9.17, 15) is 17.2 Å². The van der Waals surface area contributed by atoms with Crippen LogP contribution in [0.2, 0.25) is 0 Å². The first kappa shape index (κ1) is 16.1. The second-order valence-electron chi connectivity index (χ2n) is 5.58. The quantitative estimate of drug-likeness (QED) is 0.919. The average Bonchev–Trinajstić information content (AvgIpc) is 2.69. The molecule has 0 aliphatic carbocycles. The van der Waals surface area contributed by atoms with Gasteiger partial charge in [0.15, 0.2) is 11.6 Å². The average molecular weight is 321 g/mol. The summed E-state index contributed by atoms with van der Waals surface area (Å²) in [7, 11) is -4.31. The maximum Gasteiger partial charge on any atom is 0.241 e. The highest BCUT2D eigenvalue weighted by atomic mass is 32.2. The van der Waals surface area contributed by atoms with E-state index < -0.39 is 26.6 Å². The van der Waals surface area contributed by atoms with Gasteiger partial charge in [-0.05, 0) is 38.8 Å². The minimum absolute atomic E-state index is 0.0640. The highest BCUT2D eigenvalue weighted by Gasteiger charge is 2.32. The molecule has 1 aliphatic rings. The van der Waals surface area contributed by atoms with E-state index in [2.05, 4.69) is 0 Å². The summed E-state index contributed by atoms with van der Waals surface area (Å²) in [5.41, 5.74) is -0.255. The van der Waals surface area contributed by atoms with Gasteiger partial charge in [-0.1, -0.05) is 0 Å². The molecule has 0 amide bonds. The largest absolute Gasteiger partial charge is 0.488 e. The van der Waals surface area contributed by atoms with Crippen LogP contribution in [0.3, 0.4) is 0 Å². The molecule has 0 spiro atoms. The van der Waals surface area contributed by atoms with Crippen molar-refractivity contribution in [1.82, 2.24) is 0 Å². The standard InChI is InChI=1S/C13H17F2NO4S/c1-13(2)6-5-8(20-13)7-19-9-3-4-10(21(16,17)18)12(15)11(9)14/h3-4,8H,5-7H2,1-2H3,(H2,16,17,18). The van der Waals surface area contributed by atoms with Gasteiger partial charge in [-0.25, -0.2) is 17.9 Å². The summed E-state index contributed by atoms with van der Waals surface area (Å²) in [5, 5.41) is 4.78. The lowest BCUT2D eigenvalue weighted by atomic mass is 10.1. The molecule has 5 nitrogen and oxygen atoms in total. The molecule has 0 bridgehead atoms. The molecule has 1 saturated heterocycles. The van der Waals surface area contributed by atoms with Crippen molar-refractivity contribution >= 4 is 10.0 Å². The molecular formula is C13H17F2NO4S. The first-order valence-electron chi connectivity index (χ1n) is 6.41. The second kappa shape index (κ2) is 5.51. The number of sulfonamides is 1. The molecule has 2 N–H and O–H groups in total. The van der Waals surface area contributed by atoms with E-state index in [-0.39, 0.29) is 24.1 Å². The maximum absolute atomic E-state index is 13.8. The molecule has 0 saturated carbocycles. The number of nitrogens with two attached hydrogens (primary N) is 1. The predicted molar refractivity (Wildman–Crippen MR) is 71.4 cm³/mol. The third kappa shape index (κ3) is 3.69. The van der Waals surface area contributed by atoms with E-state index in [0.29, 0.717) is 0 Å². The molecule has 0 aromatic heterocycles. The van der Waals surface area contributed by atoms with Crippen LogP contribution < -0.4 is 9.88 Å². The second-order valence-corrected chi connectivity index (χ2v) is 7.11. The zero-order valence-corrected chi connectivity index (χ0v) is 12.5. The van der Waals surface area contributed by atoms with Crippen molar-refractivity contribution in [2.24, 2.45) is 5.14 Å². The van der Waals surface area contributed by atoms with Gasteiger partial charge in [-0.15, -0.1) is 0 Å². The van der Waals surface area contributed by atoms with Gasteiger partial charge in [-0.3, -0.25) is 0 Å². The van der Waals surface area contributed by atoms with Crippen molar-refractivity contribution in [3.05, 3.63) is 23.8 Å². The number of halogens is 2. The lowest BCUT2D eigenvalue weighted by molar-refractivity contribution is -0.0331. The Kier molecular flexibility index (Phi) is 4.23. The van der Waals surface area contributed by atoms with Gasteiger partial charge >= 0.3 is 0 Å². The number of hydrogen-bond donors (Lipinski definition) is 1. The first-order chi connectivity index (χ1) is 9.60. The molecule has 21 heavy (non-hydrogen) atoms. The molecule has 1 aliphatic heterocycles. The zero-order chi connectivity index (χ0) is 15.8. The third-order valence-corrected chi connectivity index (χ3v) is 4.23. The van der Waals surface area contributed by atoms with Crippen molar-refractivity contribution in [3.8, 4) is 5.75 Å². The molecule has 2 rings (SSSR count). The summed E-state index contributed by atoms with van der Waals surface area (Å²) >= 11 is 0. The fourth-order valence-electron chi connectivity index (χ4n) is 2.22. The van der Waals surface area contributed by atoms with E-state index in [1.807, 2.05) is 13.8 Å². The summed E-state index contributed by atoms with van der Waals surface area (Å²) < 4.78 is 60.4. The van der Waals surface area contributed by atoms with Crippen LogP contribution in [0.4, 0.5) is 8.78 Å². The maximum atomic E-state index is 13.8. The summed E-state index contributed by atoms with van der Waals surface area (Å²) in [6, 6.07) is 1.92. The summed E-state index contributed by atoms with van der Waals surface area (Å²) in [5.74, 6) is -3.28. The molecule has 118 valence electrons. The number of rotatable bonds is 4. The van der Waals surface area contributed by atoms with Crippen LogP contribution in [0.1, 0.15) is 26.7 Å². The van der Waals surface area contributed by atoms with E-state index >= 15 is 0 Å². The molecule has 0 radical (unpaired) electrons. The number of hydrogen-bond acceptors (Lipinski definition) is 4. The number of primary sulfonamides is 1. The lowest BCUT2D eigenvalue weighted by Crippen LogP contribution is -2.24. The third-order valence-electron chi connectivity index (χ3n) is 3.30. The highest BCUT2D eigenvalue weighted by Crippen LogP contribution is 2.30. The fourth-order valence-corrected chi connectivity index (χ4v) is 2.82. The van der Waals surface area contributed by atoms with Crippen molar-refractivity contribution < 1.29 is 26.7 Å². The number of benzene rings is 1. The topological polar surface area (TPSA) is 78.6 Å². The molecule has 1 unspecified atom stereocenters. The van der Waals surface area contributed by atoms with Crippen molar-refractivity contribution in [1.29, 1.82) is 0 Å². The minimum atomic E-state index is -4.31. The van der Waals surface area contributed by atoms with Crippen LogP contribution in [0, 0.1) is 11.6 Å². The Labute approximate surface area is 122 Å². The van der Waals surface area contributed by atoms with E-state index in [4.69, 9.17) is 14.6 Å². The Morgan fingerprint density at radius 3 is 2.57 bits per heavy atom. The zero-order valence-electron chi connectivity index (χ0n) is 11.7. The monoisotopic (exact) mass is 321 g/mol. The molecular weight excluding hydrogens is 304 g/mol. The van der Waals surface area contributed by atoms with E-state index in [1.165, 1.54) is 0 Å². The van der Waals surface area contributed by atoms with Crippen molar-refractivity contribution in [3.63, 3.8) is 0 Å². The van der Waals surface area contributed by atoms with Gasteiger partial charge in [-0.2, -0.15) is 4.39 Å². The Balaban J connectivity index is 2.10. The summed E-state index contributed by atoms with van der Waals surface area (Å²) in [6.45, 7) is 3.94. The smallest absolute Gasteiger partial charge is 0.241 e. The van der Waals surface area contributed by atoms with Crippen molar-refractivity contribution in [2.45, 2.75) is 43.3 Å². The van der Waals surface area contributed by atoms with Crippen molar-refractivity contribution in [2.75, 3.05) is 6.61 Å².